The maximum absolute atomic E-state index is 9.28. The van der Waals surface area contributed by atoms with Crippen LogP contribution in [0.15, 0.2) is 10.8 Å². The number of nitrogens with one attached hydrogen (secondary N) is 2. The zero-order valence-corrected chi connectivity index (χ0v) is 12.3. The molecule has 0 fully saturated rings. The Hall–Kier alpha value is -0.960. The van der Waals surface area contributed by atoms with Gasteiger partial charge in [-0.1, -0.05) is 6.92 Å². The topological polar surface area (TPSA) is 111 Å². The van der Waals surface area contributed by atoms with E-state index in [2.05, 4.69) is 36.5 Å². The van der Waals surface area contributed by atoms with Gasteiger partial charge in [-0.15, -0.1) is 0 Å². The van der Waals surface area contributed by atoms with Crippen LogP contribution >= 0.6 is 15.9 Å². The fourth-order valence-corrected chi connectivity index (χ4v) is 1.79. The molecule has 0 aliphatic carbocycles. The van der Waals surface area contributed by atoms with E-state index in [0.29, 0.717) is 16.1 Å². The van der Waals surface area contributed by atoms with Gasteiger partial charge < -0.3 is 26.0 Å². The summed E-state index contributed by atoms with van der Waals surface area (Å²) in [5, 5.41) is 33.8. The first-order valence-corrected chi connectivity index (χ1v) is 6.77. The Balaban J connectivity index is 2.94. The van der Waals surface area contributed by atoms with Crippen molar-refractivity contribution in [1.82, 2.24) is 9.97 Å². The molecule has 1 rings (SSSR count). The highest BCUT2D eigenvalue weighted by molar-refractivity contribution is 9.10. The Bertz CT molecular complexity index is 393. The van der Waals surface area contributed by atoms with Gasteiger partial charge in [-0.3, -0.25) is 0 Å². The average molecular weight is 335 g/mol. The second-order valence-corrected chi connectivity index (χ2v) is 4.98. The Morgan fingerprint density at radius 3 is 2.26 bits per heavy atom. The quantitative estimate of drug-likeness (QED) is 0.461. The van der Waals surface area contributed by atoms with Crippen LogP contribution in [-0.4, -0.2) is 57.2 Å². The minimum atomic E-state index is -1.22. The lowest BCUT2D eigenvalue weighted by atomic mass is 10.0. The monoisotopic (exact) mass is 334 g/mol. The summed E-state index contributed by atoms with van der Waals surface area (Å²) in [6, 6.07) is 0. The number of nitrogens with zero attached hydrogens (tertiary/aromatic N) is 2. The maximum Gasteiger partial charge on any atom is 0.146 e. The van der Waals surface area contributed by atoms with Gasteiger partial charge in [-0.25, -0.2) is 9.97 Å². The van der Waals surface area contributed by atoms with Crippen LogP contribution < -0.4 is 10.6 Å². The van der Waals surface area contributed by atoms with Gasteiger partial charge in [0, 0.05) is 6.54 Å². The number of aliphatic hydroxyl groups is 3. The number of halogens is 1. The molecule has 108 valence electrons. The summed E-state index contributed by atoms with van der Waals surface area (Å²) in [5.41, 5.74) is -1.22. The summed E-state index contributed by atoms with van der Waals surface area (Å²) >= 11 is 3.36. The molecular formula is C11H19BrN4O3. The van der Waals surface area contributed by atoms with Crippen molar-refractivity contribution in [1.29, 1.82) is 0 Å². The molecule has 0 saturated carbocycles. The van der Waals surface area contributed by atoms with Gasteiger partial charge in [-0.05, 0) is 22.4 Å². The third-order valence-electron chi connectivity index (χ3n) is 2.62. The summed E-state index contributed by atoms with van der Waals surface area (Å²) in [7, 11) is 0. The van der Waals surface area contributed by atoms with Gasteiger partial charge in [-0.2, -0.15) is 0 Å². The Labute approximate surface area is 120 Å². The van der Waals surface area contributed by atoms with E-state index in [4.69, 9.17) is 0 Å². The van der Waals surface area contributed by atoms with Crippen LogP contribution in [0.25, 0.3) is 0 Å². The van der Waals surface area contributed by atoms with Gasteiger partial charge in [0.1, 0.15) is 28.0 Å². The smallest absolute Gasteiger partial charge is 0.146 e. The van der Waals surface area contributed by atoms with Gasteiger partial charge in [0.2, 0.25) is 0 Å². The summed E-state index contributed by atoms with van der Waals surface area (Å²) in [5.74, 6) is 1.01. The highest BCUT2D eigenvalue weighted by atomic mass is 79.9. The molecule has 1 aromatic rings. The first kappa shape index (κ1) is 16.1. The molecule has 0 amide bonds. The molecule has 0 bridgehead atoms. The molecule has 0 atom stereocenters. The minimum Gasteiger partial charge on any atom is -0.394 e. The molecule has 1 aromatic heterocycles. The Kier molecular flexibility index (Phi) is 6.43. The minimum absolute atomic E-state index is 0.394. The van der Waals surface area contributed by atoms with Crippen molar-refractivity contribution in [3.05, 3.63) is 10.8 Å². The lowest BCUT2D eigenvalue weighted by molar-refractivity contribution is 0.0830. The molecule has 0 saturated heterocycles. The third kappa shape index (κ3) is 4.00. The molecule has 0 unspecified atom stereocenters. The third-order valence-corrected chi connectivity index (χ3v) is 3.37. The Morgan fingerprint density at radius 2 is 1.74 bits per heavy atom. The van der Waals surface area contributed by atoms with Crippen molar-refractivity contribution in [2.75, 3.05) is 37.0 Å². The van der Waals surface area contributed by atoms with Gasteiger partial charge in [0.25, 0.3) is 0 Å². The molecule has 0 radical (unpaired) electrons. The number of aromatic nitrogens is 2. The van der Waals surface area contributed by atoms with Crippen LogP contribution in [0, 0.1) is 0 Å². The van der Waals surface area contributed by atoms with Crippen molar-refractivity contribution >= 4 is 27.6 Å². The second-order valence-electron chi connectivity index (χ2n) is 4.19. The average Bonchev–Trinajstić information content (AvgIpc) is 2.45. The lowest BCUT2D eigenvalue weighted by Crippen LogP contribution is -2.49. The molecule has 0 aliphatic rings. The summed E-state index contributed by atoms with van der Waals surface area (Å²) in [6.45, 7) is 1.53. The predicted molar refractivity (Wildman–Crippen MR) is 76.1 cm³/mol. The normalized spacial score (nSPS) is 11.4. The number of aliphatic hydroxyl groups excluding tert-OH is 3. The van der Waals surface area contributed by atoms with Crippen molar-refractivity contribution in [3.63, 3.8) is 0 Å². The molecule has 1 heterocycles. The fourth-order valence-electron chi connectivity index (χ4n) is 1.34. The first-order valence-electron chi connectivity index (χ1n) is 5.97. The highest BCUT2D eigenvalue weighted by Crippen LogP contribution is 2.28. The number of hydrogen-bond donors (Lipinski definition) is 5. The van der Waals surface area contributed by atoms with E-state index in [1.165, 1.54) is 6.33 Å². The van der Waals surface area contributed by atoms with Crippen molar-refractivity contribution in [3.8, 4) is 0 Å². The number of hydrogen-bond acceptors (Lipinski definition) is 7. The van der Waals surface area contributed by atoms with E-state index in [9.17, 15) is 15.3 Å². The van der Waals surface area contributed by atoms with Crippen LogP contribution in [-0.2, 0) is 0 Å². The molecule has 7 nitrogen and oxygen atoms in total. The second kappa shape index (κ2) is 7.59. The van der Waals surface area contributed by atoms with Crippen molar-refractivity contribution < 1.29 is 15.3 Å². The van der Waals surface area contributed by atoms with E-state index in [1.54, 1.807) is 0 Å². The zero-order chi connectivity index (χ0) is 14.3. The molecule has 0 aromatic carbocycles. The van der Waals surface area contributed by atoms with E-state index in [1.807, 2.05) is 6.92 Å². The molecule has 5 N–H and O–H groups in total. The van der Waals surface area contributed by atoms with Crippen LogP contribution in [0.2, 0.25) is 0 Å². The zero-order valence-electron chi connectivity index (χ0n) is 10.7. The molecule has 8 heteroatoms. The largest absolute Gasteiger partial charge is 0.394 e. The van der Waals surface area contributed by atoms with Crippen molar-refractivity contribution in [2.45, 2.75) is 18.9 Å². The SMILES string of the molecule is CCCNc1ncnc(NC(CO)(CO)CO)c1Br. The van der Waals surface area contributed by atoms with Crippen LogP contribution in [0.3, 0.4) is 0 Å². The summed E-state index contributed by atoms with van der Waals surface area (Å²) in [6.07, 6.45) is 2.31. The predicted octanol–water partition coefficient (Wildman–Crippen LogP) is 0.189. The van der Waals surface area contributed by atoms with Gasteiger partial charge in [0.05, 0.1) is 19.8 Å². The van der Waals surface area contributed by atoms with Gasteiger partial charge in [0.15, 0.2) is 0 Å². The Morgan fingerprint density at radius 1 is 1.16 bits per heavy atom. The maximum atomic E-state index is 9.28. The first-order chi connectivity index (χ1) is 9.12. The number of anilines is 2. The molecule has 0 aliphatic heterocycles. The molecule has 19 heavy (non-hydrogen) atoms. The van der Waals surface area contributed by atoms with E-state index in [0.717, 1.165) is 13.0 Å². The van der Waals surface area contributed by atoms with E-state index in [-0.39, 0.29) is 0 Å². The van der Waals surface area contributed by atoms with Crippen LogP contribution in [0.4, 0.5) is 11.6 Å². The number of rotatable bonds is 8. The van der Waals surface area contributed by atoms with E-state index < -0.39 is 25.4 Å². The van der Waals surface area contributed by atoms with Crippen molar-refractivity contribution in [2.24, 2.45) is 0 Å². The van der Waals surface area contributed by atoms with Gasteiger partial charge >= 0.3 is 0 Å². The molecular weight excluding hydrogens is 316 g/mol. The molecule has 0 spiro atoms. The van der Waals surface area contributed by atoms with Crippen LogP contribution in [0.1, 0.15) is 13.3 Å². The lowest BCUT2D eigenvalue weighted by Gasteiger charge is -2.29. The standard InChI is InChI=1S/C11H19BrN4O3/c1-2-3-13-9-8(12)10(15-7-14-9)16-11(4-17,5-18)6-19/h7,17-19H,2-6H2,1H3,(H2,13,14,15,16). The summed E-state index contributed by atoms with van der Waals surface area (Å²) in [4.78, 5) is 8.12. The fraction of sp³-hybridized carbons (Fsp3) is 0.636. The van der Waals surface area contributed by atoms with Crippen LogP contribution in [0.5, 0.6) is 0 Å². The summed E-state index contributed by atoms with van der Waals surface area (Å²) < 4.78 is 0.586. The highest BCUT2D eigenvalue weighted by Gasteiger charge is 2.29. The van der Waals surface area contributed by atoms with E-state index >= 15 is 0 Å².